The average molecular weight is 214 g/mol. The third kappa shape index (κ3) is 1.49. The SMILES string of the molecule is NCc1nsc2cc(C(F)F)ccc12. The van der Waals surface area contributed by atoms with Crippen LogP contribution in [0.15, 0.2) is 18.2 Å². The van der Waals surface area contributed by atoms with Gasteiger partial charge in [0, 0.05) is 17.5 Å². The number of fused-ring (bicyclic) bond motifs is 1. The summed E-state index contributed by atoms with van der Waals surface area (Å²) >= 11 is 1.21. The Balaban J connectivity index is 2.57. The molecule has 14 heavy (non-hydrogen) atoms. The summed E-state index contributed by atoms with van der Waals surface area (Å²) in [4.78, 5) is 0. The first-order valence-corrected chi connectivity index (χ1v) is 4.86. The highest BCUT2D eigenvalue weighted by atomic mass is 32.1. The molecule has 2 nitrogen and oxygen atoms in total. The Morgan fingerprint density at radius 3 is 2.86 bits per heavy atom. The highest BCUT2D eigenvalue weighted by molar-refractivity contribution is 7.13. The van der Waals surface area contributed by atoms with Crippen molar-refractivity contribution in [1.82, 2.24) is 4.37 Å². The number of nitrogens with two attached hydrogens (primary N) is 1. The molecular weight excluding hydrogens is 206 g/mol. The van der Waals surface area contributed by atoms with Gasteiger partial charge in [0.05, 0.1) is 10.4 Å². The quantitative estimate of drug-likeness (QED) is 0.834. The maximum absolute atomic E-state index is 12.3. The molecule has 2 aromatic rings. The molecule has 0 aliphatic heterocycles. The monoisotopic (exact) mass is 214 g/mol. The van der Waals surface area contributed by atoms with E-state index in [-0.39, 0.29) is 5.56 Å². The van der Waals surface area contributed by atoms with Crippen LogP contribution >= 0.6 is 11.5 Å². The molecule has 5 heteroatoms. The van der Waals surface area contributed by atoms with Crippen LogP contribution in [0.25, 0.3) is 10.1 Å². The van der Waals surface area contributed by atoms with E-state index in [0.29, 0.717) is 6.54 Å². The fraction of sp³-hybridized carbons (Fsp3) is 0.222. The predicted octanol–water partition coefficient (Wildman–Crippen LogP) is 2.69. The van der Waals surface area contributed by atoms with Crippen LogP contribution in [0.5, 0.6) is 0 Å². The van der Waals surface area contributed by atoms with Crippen LogP contribution in [0.2, 0.25) is 0 Å². The summed E-state index contributed by atoms with van der Waals surface area (Å²) in [5.74, 6) is 0. The fourth-order valence-electron chi connectivity index (χ4n) is 1.29. The number of hydrogen-bond donors (Lipinski definition) is 1. The highest BCUT2D eigenvalue weighted by Gasteiger charge is 2.10. The smallest absolute Gasteiger partial charge is 0.263 e. The van der Waals surface area contributed by atoms with Gasteiger partial charge in [0.2, 0.25) is 0 Å². The summed E-state index contributed by atoms with van der Waals surface area (Å²) in [6.45, 7) is 0.341. The van der Waals surface area contributed by atoms with Crippen LogP contribution in [-0.2, 0) is 6.54 Å². The van der Waals surface area contributed by atoms with Crippen LogP contribution in [-0.4, -0.2) is 4.37 Å². The molecule has 0 aliphatic rings. The number of hydrogen-bond acceptors (Lipinski definition) is 3. The lowest BCUT2D eigenvalue weighted by molar-refractivity contribution is 0.151. The second-order valence-corrected chi connectivity index (χ2v) is 3.69. The number of alkyl halides is 2. The van der Waals surface area contributed by atoms with Gasteiger partial charge in [-0.1, -0.05) is 12.1 Å². The molecule has 0 atom stereocenters. The molecule has 0 aliphatic carbocycles. The molecular formula is C9H8F2N2S. The van der Waals surface area contributed by atoms with E-state index in [0.717, 1.165) is 15.8 Å². The number of rotatable bonds is 2. The predicted molar refractivity (Wildman–Crippen MR) is 52.5 cm³/mol. The molecule has 0 spiro atoms. The van der Waals surface area contributed by atoms with Crippen molar-refractivity contribution in [1.29, 1.82) is 0 Å². The van der Waals surface area contributed by atoms with Crippen molar-refractivity contribution < 1.29 is 8.78 Å². The highest BCUT2D eigenvalue weighted by Crippen LogP contribution is 2.27. The van der Waals surface area contributed by atoms with E-state index in [1.54, 1.807) is 6.07 Å². The van der Waals surface area contributed by atoms with Gasteiger partial charge in [-0.3, -0.25) is 0 Å². The van der Waals surface area contributed by atoms with E-state index in [1.165, 1.54) is 23.7 Å². The first-order valence-electron chi connectivity index (χ1n) is 4.09. The van der Waals surface area contributed by atoms with E-state index < -0.39 is 6.43 Å². The molecule has 1 heterocycles. The second-order valence-electron chi connectivity index (χ2n) is 2.89. The molecule has 0 bridgehead atoms. The van der Waals surface area contributed by atoms with Gasteiger partial charge in [0.1, 0.15) is 0 Å². The van der Waals surface area contributed by atoms with Crippen molar-refractivity contribution in [3.8, 4) is 0 Å². The lowest BCUT2D eigenvalue weighted by Crippen LogP contribution is -1.96. The van der Waals surface area contributed by atoms with Gasteiger partial charge in [-0.15, -0.1) is 0 Å². The van der Waals surface area contributed by atoms with Crippen LogP contribution in [0.1, 0.15) is 17.7 Å². The molecule has 0 unspecified atom stereocenters. The minimum atomic E-state index is -2.43. The molecule has 1 aromatic heterocycles. The van der Waals surface area contributed by atoms with Crippen LogP contribution in [0, 0.1) is 0 Å². The van der Waals surface area contributed by atoms with Crippen molar-refractivity contribution in [3.63, 3.8) is 0 Å². The lowest BCUT2D eigenvalue weighted by atomic mass is 10.1. The van der Waals surface area contributed by atoms with E-state index >= 15 is 0 Å². The standard InChI is InChI=1S/C9H8F2N2S/c10-9(11)5-1-2-6-7(4-12)13-14-8(6)3-5/h1-3,9H,4,12H2. The molecule has 2 rings (SSSR count). The van der Waals surface area contributed by atoms with Gasteiger partial charge in [0.15, 0.2) is 0 Å². The molecule has 0 amide bonds. The van der Waals surface area contributed by atoms with E-state index in [2.05, 4.69) is 4.37 Å². The van der Waals surface area contributed by atoms with Crippen molar-refractivity contribution in [2.75, 3.05) is 0 Å². The summed E-state index contributed by atoms with van der Waals surface area (Å²) in [6, 6.07) is 4.54. The van der Waals surface area contributed by atoms with Gasteiger partial charge >= 0.3 is 0 Å². The van der Waals surface area contributed by atoms with Gasteiger partial charge in [-0.25, -0.2) is 8.78 Å². The minimum Gasteiger partial charge on any atom is -0.325 e. The maximum Gasteiger partial charge on any atom is 0.263 e. The van der Waals surface area contributed by atoms with E-state index in [9.17, 15) is 8.78 Å². The molecule has 2 N–H and O–H groups in total. The lowest BCUT2D eigenvalue weighted by Gasteiger charge is -1.98. The zero-order chi connectivity index (χ0) is 10.1. The number of benzene rings is 1. The Kier molecular flexibility index (Phi) is 2.43. The van der Waals surface area contributed by atoms with Crippen LogP contribution < -0.4 is 5.73 Å². The normalized spacial score (nSPS) is 11.4. The van der Waals surface area contributed by atoms with E-state index in [1.807, 2.05) is 0 Å². The Labute approximate surface area is 83.5 Å². The first kappa shape index (κ1) is 9.48. The van der Waals surface area contributed by atoms with Gasteiger partial charge in [-0.2, -0.15) is 4.37 Å². The van der Waals surface area contributed by atoms with Crippen LogP contribution in [0.3, 0.4) is 0 Å². The Morgan fingerprint density at radius 1 is 1.43 bits per heavy atom. The molecule has 0 fully saturated rings. The summed E-state index contributed by atoms with van der Waals surface area (Å²) < 4.78 is 29.5. The Hall–Kier alpha value is -1.07. The Morgan fingerprint density at radius 2 is 2.21 bits per heavy atom. The molecule has 0 saturated heterocycles. The van der Waals surface area contributed by atoms with Crippen LogP contribution in [0.4, 0.5) is 8.78 Å². The summed E-state index contributed by atoms with van der Waals surface area (Å²) in [6.07, 6.45) is -2.43. The first-order chi connectivity index (χ1) is 6.72. The summed E-state index contributed by atoms with van der Waals surface area (Å²) in [5, 5.41) is 0.877. The zero-order valence-corrected chi connectivity index (χ0v) is 8.02. The molecule has 1 aromatic carbocycles. The Bertz CT molecular complexity index is 453. The molecule has 0 saturated carbocycles. The number of halogens is 2. The van der Waals surface area contributed by atoms with Gasteiger partial charge in [-0.05, 0) is 17.6 Å². The number of aromatic nitrogens is 1. The topological polar surface area (TPSA) is 38.9 Å². The van der Waals surface area contributed by atoms with Gasteiger partial charge < -0.3 is 5.73 Å². The van der Waals surface area contributed by atoms with Crippen molar-refractivity contribution in [3.05, 3.63) is 29.5 Å². The summed E-state index contributed by atoms with van der Waals surface area (Å²) in [7, 11) is 0. The summed E-state index contributed by atoms with van der Waals surface area (Å²) in [5.41, 5.74) is 6.26. The maximum atomic E-state index is 12.3. The molecule has 74 valence electrons. The minimum absolute atomic E-state index is 0.0321. The fourth-order valence-corrected chi connectivity index (χ4v) is 2.14. The third-order valence-corrected chi connectivity index (χ3v) is 2.86. The van der Waals surface area contributed by atoms with Gasteiger partial charge in [0.25, 0.3) is 6.43 Å². The molecule has 0 radical (unpaired) electrons. The van der Waals surface area contributed by atoms with Crippen molar-refractivity contribution in [2.45, 2.75) is 13.0 Å². The zero-order valence-electron chi connectivity index (χ0n) is 7.21. The van der Waals surface area contributed by atoms with Crippen molar-refractivity contribution >= 4 is 21.6 Å². The second kappa shape index (κ2) is 3.59. The number of nitrogens with zero attached hydrogens (tertiary/aromatic N) is 1. The third-order valence-electron chi connectivity index (χ3n) is 2.02. The van der Waals surface area contributed by atoms with E-state index in [4.69, 9.17) is 5.73 Å². The average Bonchev–Trinajstić information content (AvgIpc) is 2.59. The van der Waals surface area contributed by atoms with Crippen molar-refractivity contribution in [2.24, 2.45) is 5.73 Å². The largest absolute Gasteiger partial charge is 0.325 e.